The van der Waals surface area contributed by atoms with E-state index >= 15 is 0 Å². The Morgan fingerprint density at radius 3 is 2.68 bits per heavy atom. The predicted molar refractivity (Wildman–Crippen MR) is 91.2 cm³/mol. The molecule has 1 aliphatic heterocycles. The van der Waals surface area contributed by atoms with Gasteiger partial charge in [-0.1, -0.05) is 24.3 Å². The minimum atomic E-state index is -0.522. The first-order chi connectivity index (χ1) is 12.0. The van der Waals surface area contributed by atoms with Crippen LogP contribution in [0, 0.1) is 5.82 Å². The van der Waals surface area contributed by atoms with Gasteiger partial charge < -0.3 is 15.6 Å². The van der Waals surface area contributed by atoms with Gasteiger partial charge >= 0.3 is 0 Å². The van der Waals surface area contributed by atoms with Crippen molar-refractivity contribution in [3.63, 3.8) is 0 Å². The molecule has 0 radical (unpaired) electrons. The maximum Gasteiger partial charge on any atom is 0.234 e. The molecule has 0 saturated carbocycles. The first kappa shape index (κ1) is 17.4. The number of primary amides is 1. The van der Waals surface area contributed by atoms with Crippen molar-refractivity contribution in [3.8, 4) is 5.75 Å². The summed E-state index contributed by atoms with van der Waals surface area (Å²) in [5.41, 5.74) is 7.16. The number of hydrogen-bond acceptors (Lipinski definition) is 4. The molecule has 1 aliphatic rings. The lowest BCUT2D eigenvalue weighted by atomic mass is 10.1. The molecule has 2 aromatic carbocycles. The maximum absolute atomic E-state index is 13.1. The summed E-state index contributed by atoms with van der Waals surface area (Å²) in [6.07, 6.45) is -0.143. The number of rotatable bonds is 6. The second-order valence-electron chi connectivity index (χ2n) is 6.30. The predicted octanol–water partition coefficient (Wildman–Crippen LogP) is 1.83. The van der Waals surface area contributed by atoms with Gasteiger partial charge in [0.1, 0.15) is 18.2 Å². The molecular formula is C19H21FN2O3. The first-order valence-corrected chi connectivity index (χ1v) is 8.19. The Morgan fingerprint density at radius 1 is 1.24 bits per heavy atom. The summed E-state index contributed by atoms with van der Waals surface area (Å²) in [6, 6.07) is 13.3. The Hall–Kier alpha value is -2.44. The van der Waals surface area contributed by atoms with Gasteiger partial charge in [0.15, 0.2) is 0 Å². The normalized spacial score (nSPS) is 20.6. The lowest BCUT2D eigenvalue weighted by Crippen LogP contribution is -2.39. The van der Waals surface area contributed by atoms with Gasteiger partial charge in [0.25, 0.3) is 0 Å². The van der Waals surface area contributed by atoms with E-state index in [1.807, 2.05) is 29.2 Å². The van der Waals surface area contributed by atoms with Crippen molar-refractivity contribution in [2.75, 3.05) is 6.54 Å². The molecule has 1 heterocycles. The van der Waals surface area contributed by atoms with Crippen molar-refractivity contribution < 1.29 is 19.0 Å². The average molecular weight is 344 g/mol. The number of amides is 1. The van der Waals surface area contributed by atoms with Crippen molar-refractivity contribution in [3.05, 3.63) is 65.5 Å². The van der Waals surface area contributed by atoms with Gasteiger partial charge in [-0.15, -0.1) is 0 Å². The molecule has 2 aromatic rings. The molecular weight excluding hydrogens is 323 g/mol. The fourth-order valence-electron chi connectivity index (χ4n) is 3.07. The van der Waals surface area contributed by atoms with Crippen LogP contribution in [-0.4, -0.2) is 34.6 Å². The summed E-state index contributed by atoms with van der Waals surface area (Å²) >= 11 is 0. The summed E-state index contributed by atoms with van der Waals surface area (Å²) in [7, 11) is 0. The van der Waals surface area contributed by atoms with Crippen LogP contribution >= 0.6 is 0 Å². The van der Waals surface area contributed by atoms with Crippen molar-refractivity contribution in [2.24, 2.45) is 5.73 Å². The van der Waals surface area contributed by atoms with Crippen LogP contribution in [0.15, 0.2) is 48.5 Å². The number of aliphatic hydroxyl groups is 1. The topological polar surface area (TPSA) is 75.8 Å². The lowest BCUT2D eigenvalue weighted by Gasteiger charge is -2.21. The largest absolute Gasteiger partial charge is 0.489 e. The maximum atomic E-state index is 13.1. The zero-order valence-corrected chi connectivity index (χ0v) is 13.8. The highest BCUT2D eigenvalue weighted by atomic mass is 19.1. The third-order valence-corrected chi connectivity index (χ3v) is 4.31. The molecule has 0 bridgehead atoms. The van der Waals surface area contributed by atoms with Gasteiger partial charge in [0, 0.05) is 13.1 Å². The number of nitrogens with two attached hydrogens (primary N) is 1. The Balaban J connectivity index is 1.58. The van der Waals surface area contributed by atoms with Crippen molar-refractivity contribution >= 4 is 5.91 Å². The molecule has 1 saturated heterocycles. The van der Waals surface area contributed by atoms with E-state index < -0.39 is 18.1 Å². The minimum Gasteiger partial charge on any atom is -0.489 e. The third kappa shape index (κ3) is 4.55. The van der Waals surface area contributed by atoms with Crippen LogP contribution in [0.4, 0.5) is 4.39 Å². The number of hydrogen-bond donors (Lipinski definition) is 2. The molecule has 5 nitrogen and oxygen atoms in total. The van der Waals surface area contributed by atoms with Crippen molar-refractivity contribution in [1.82, 2.24) is 4.90 Å². The van der Waals surface area contributed by atoms with Crippen LogP contribution in [0.1, 0.15) is 17.5 Å². The molecule has 0 aromatic heterocycles. The van der Waals surface area contributed by atoms with Gasteiger partial charge in [0.05, 0.1) is 12.1 Å². The van der Waals surface area contributed by atoms with Crippen LogP contribution in [0.25, 0.3) is 0 Å². The SMILES string of the molecule is NC(=O)[C@@H]1CC(O)CN1Cc1ccc(OCc2cccc(F)c2)cc1. The number of nitrogens with zero attached hydrogens (tertiary/aromatic N) is 1. The molecule has 3 rings (SSSR count). The highest BCUT2D eigenvalue weighted by Crippen LogP contribution is 2.22. The summed E-state index contributed by atoms with van der Waals surface area (Å²) in [6.45, 7) is 1.26. The average Bonchev–Trinajstić information content (AvgIpc) is 2.95. The number of carbonyl (C=O) groups excluding carboxylic acids is 1. The first-order valence-electron chi connectivity index (χ1n) is 8.19. The van der Waals surface area contributed by atoms with E-state index in [1.165, 1.54) is 12.1 Å². The van der Waals surface area contributed by atoms with Gasteiger partial charge in [0.2, 0.25) is 5.91 Å². The third-order valence-electron chi connectivity index (χ3n) is 4.31. The van der Waals surface area contributed by atoms with Gasteiger partial charge in [-0.25, -0.2) is 4.39 Å². The second kappa shape index (κ2) is 7.63. The summed E-state index contributed by atoms with van der Waals surface area (Å²) in [5.74, 6) is -0.0132. The van der Waals surface area contributed by atoms with Crippen LogP contribution in [-0.2, 0) is 17.9 Å². The van der Waals surface area contributed by atoms with Crippen LogP contribution < -0.4 is 10.5 Å². The van der Waals surface area contributed by atoms with E-state index in [4.69, 9.17) is 10.5 Å². The molecule has 1 fully saturated rings. The Bertz CT molecular complexity index is 736. The smallest absolute Gasteiger partial charge is 0.234 e. The molecule has 1 unspecified atom stereocenters. The zero-order chi connectivity index (χ0) is 17.8. The minimum absolute atomic E-state index is 0.284. The number of carbonyl (C=O) groups is 1. The fraction of sp³-hybridized carbons (Fsp3) is 0.316. The van der Waals surface area contributed by atoms with Crippen molar-refractivity contribution in [2.45, 2.75) is 31.7 Å². The highest BCUT2D eigenvalue weighted by molar-refractivity contribution is 5.80. The number of likely N-dealkylation sites (tertiary alicyclic amines) is 1. The van der Waals surface area contributed by atoms with Crippen LogP contribution in [0.2, 0.25) is 0 Å². The van der Waals surface area contributed by atoms with E-state index in [0.29, 0.717) is 31.9 Å². The standard InChI is InChI=1S/C19H21FN2O3/c20-15-3-1-2-14(8-15)12-25-17-6-4-13(5-7-17)10-22-11-16(23)9-18(22)19(21)24/h1-8,16,18,23H,9-12H2,(H2,21,24)/t16?,18-/m0/s1. The molecule has 3 N–H and O–H groups in total. The Kier molecular flexibility index (Phi) is 5.31. The molecule has 0 aliphatic carbocycles. The molecule has 132 valence electrons. The van der Waals surface area contributed by atoms with E-state index in [1.54, 1.807) is 12.1 Å². The molecule has 1 amide bonds. The quantitative estimate of drug-likeness (QED) is 0.838. The van der Waals surface area contributed by atoms with E-state index in [9.17, 15) is 14.3 Å². The fourth-order valence-corrected chi connectivity index (χ4v) is 3.07. The van der Waals surface area contributed by atoms with Gasteiger partial charge in [-0.2, -0.15) is 0 Å². The Morgan fingerprint density at radius 2 is 2.00 bits per heavy atom. The monoisotopic (exact) mass is 344 g/mol. The molecule has 6 heteroatoms. The van der Waals surface area contributed by atoms with Crippen LogP contribution in [0.3, 0.4) is 0 Å². The van der Waals surface area contributed by atoms with E-state index in [2.05, 4.69) is 0 Å². The molecule has 2 atom stereocenters. The Labute approximate surface area is 145 Å². The number of benzene rings is 2. The summed E-state index contributed by atoms with van der Waals surface area (Å²) < 4.78 is 18.8. The van der Waals surface area contributed by atoms with Gasteiger partial charge in [-0.3, -0.25) is 9.69 Å². The number of aliphatic hydroxyl groups excluding tert-OH is 1. The summed E-state index contributed by atoms with van der Waals surface area (Å²) in [4.78, 5) is 13.4. The number of halogens is 1. The molecule has 25 heavy (non-hydrogen) atoms. The number of ether oxygens (including phenoxy) is 1. The molecule has 0 spiro atoms. The van der Waals surface area contributed by atoms with Crippen molar-refractivity contribution in [1.29, 1.82) is 0 Å². The van der Waals surface area contributed by atoms with E-state index in [0.717, 1.165) is 11.1 Å². The lowest BCUT2D eigenvalue weighted by molar-refractivity contribution is -0.122. The van der Waals surface area contributed by atoms with Crippen LogP contribution in [0.5, 0.6) is 5.75 Å². The summed E-state index contributed by atoms with van der Waals surface area (Å²) in [5, 5.41) is 9.74. The zero-order valence-electron chi connectivity index (χ0n) is 13.8. The highest BCUT2D eigenvalue weighted by Gasteiger charge is 2.34. The number of β-amino-alcohol motifs (C(OH)–C–C–N with tert-alkyl or cyclic N) is 1. The van der Waals surface area contributed by atoms with Gasteiger partial charge in [-0.05, 0) is 41.8 Å². The van der Waals surface area contributed by atoms with E-state index in [-0.39, 0.29) is 5.82 Å². The second-order valence-corrected chi connectivity index (χ2v) is 6.30.